The number of anilines is 1. The Balaban J connectivity index is 1.80. The molecule has 0 aliphatic heterocycles. The van der Waals surface area contributed by atoms with Gasteiger partial charge in [0.05, 0.1) is 5.69 Å². The van der Waals surface area contributed by atoms with E-state index in [1.165, 1.54) is 6.07 Å². The van der Waals surface area contributed by atoms with Gasteiger partial charge in [-0.2, -0.15) is 5.10 Å². The van der Waals surface area contributed by atoms with Crippen molar-refractivity contribution in [3.63, 3.8) is 0 Å². The largest absolute Gasteiger partial charge is 0.358 e. The molecule has 0 unspecified atom stereocenters. The van der Waals surface area contributed by atoms with Gasteiger partial charge in [-0.15, -0.1) is 0 Å². The summed E-state index contributed by atoms with van der Waals surface area (Å²) in [6, 6.07) is 5.21. The molecule has 0 aliphatic carbocycles. The average molecular weight is 370 g/mol. The Bertz CT molecular complexity index is 905. The van der Waals surface area contributed by atoms with Gasteiger partial charge in [-0.1, -0.05) is 13.8 Å². The Labute approximate surface area is 159 Å². The van der Waals surface area contributed by atoms with Crippen LogP contribution in [0.25, 0.3) is 22.4 Å². The van der Waals surface area contributed by atoms with Crippen molar-refractivity contribution in [1.82, 2.24) is 25.5 Å². The van der Waals surface area contributed by atoms with Crippen LogP contribution in [0.5, 0.6) is 0 Å². The van der Waals surface area contributed by atoms with Crippen molar-refractivity contribution in [2.45, 2.75) is 27.2 Å². The van der Waals surface area contributed by atoms with E-state index in [-0.39, 0.29) is 11.5 Å². The molecule has 2 N–H and O–H groups in total. The maximum absolute atomic E-state index is 14.7. The topological polar surface area (TPSA) is 69.7 Å². The lowest BCUT2D eigenvalue weighted by molar-refractivity contribution is 0.539. The number of halogens is 1. The van der Waals surface area contributed by atoms with Crippen LogP contribution in [0.2, 0.25) is 0 Å². The lowest BCUT2D eigenvalue weighted by Crippen LogP contribution is -2.31. The molecular formula is C20H27FN6. The van der Waals surface area contributed by atoms with E-state index in [1.807, 2.05) is 26.1 Å². The van der Waals surface area contributed by atoms with Crippen LogP contribution >= 0.6 is 0 Å². The third kappa shape index (κ3) is 4.42. The van der Waals surface area contributed by atoms with Gasteiger partial charge in [0.2, 0.25) is 0 Å². The Kier molecular flexibility index (Phi) is 6.01. The lowest BCUT2D eigenvalue weighted by atomic mass is 10.1. The fourth-order valence-corrected chi connectivity index (χ4v) is 3.03. The molecule has 0 fully saturated rings. The van der Waals surface area contributed by atoms with E-state index in [2.05, 4.69) is 44.2 Å². The van der Waals surface area contributed by atoms with Gasteiger partial charge >= 0.3 is 0 Å². The van der Waals surface area contributed by atoms with Crippen LogP contribution < -0.4 is 10.2 Å². The summed E-state index contributed by atoms with van der Waals surface area (Å²) < 4.78 is 14.7. The third-order valence-electron chi connectivity index (χ3n) is 4.59. The molecule has 0 atom stereocenters. The van der Waals surface area contributed by atoms with Crippen LogP contribution in [0.4, 0.5) is 10.2 Å². The molecule has 0 saturated heterocycles. The zero-order valence-corrected chi connectivity index (χ0v) is 16.4. The summed E-state index contributed by atoms with van der Waals surface area (Å²) in [5, 5.41) is 11.2. The summed E-state index contributed by atoms with van der Waals surface area (Å²) >= 11 is 0. The quantitative estimate of drug-likeness (QED) is 0.594. The predicted octanol–water partition coefficient (Wildman–Crippen LogP) is 3.54. The van der Waals surface area contributed by atoms with E-state index in [4.69, 9.17) is 0 Å². The monoisotopic (exact) mass is 370 g/mol. The van der Waals surface area contributed by atoms with Crippen molar-refractivity contribution in [3.8, 4) is 11.4 Å². The van der Waals surface area contributed by atoms with Gasteiger partial charge in [0.15, 0.2) is 11.5 Å². The van der Waals surface area contributed by atoms with E-state index >= 15 is 0 Å². The van der Waals surface area contributed by atoms with Gasteiger partial charge in [0, 0.05) is 31.7 Å². The van der Waals surface area contributed by atoms with Crippen LogP contribution in [0.1, 0.15) is 25.8 Å². The van der Waals surface area contributed by atoms with E-state index < -0.39 is 0 Å². The zero-order chi connectivity index (χ0) is 19.4. The average Bonchev–Trinajstić information content (AvgIpc) is 3.05. The van der Waals surface area contributed by atoms with Crippen molar-refractivity contribution in [2.24, 2.45) is 5.92 Å². The molecule has 3 aromatic heterocycles. The van der Waals surface area contributed by atoms with E-state index in [0.717, 1.165) is 42.8 Å². The smallest absolute Gasteiger partial charge is 0.181 e. The third-order valence-corrected chi connectivity index (χ3v) is 4.59. The predicted molar refractivity (Wildman–Crippen MR) is 107 cm³/mol. The number of nitrogens with one attached hydrogen (secondary N) is 2. The van der Waals surface area contributed by atoms with Crippen LogP contribution in [-0.2, 0) is 0 Å². The molecule has 3 aromatic rings. The molecule has 0 radical (unpaired) electrons. The summed E-state index contributed by atoms with van der Waals surface area (Å²) in [6.45, 7) is 8.96. The molecule has 0 aromatic carbocycles. The second kappa shape index (κ2) is 8.43. The van der Waals surface area contributed by atoms with Crippen LogP contribution in [-0.4, -0.2) is 46.8 Å². The Hall–Kier alpha value is -2.54. The molecule has 0 saturated carbocycles. The second-order valence-corrected chi connectivity index (χ2v) is 7.29. The minimum atomic E-state index is -0.367. The van der Waals surface area contributed by atoms with Crippen molar-refractivity contribution >= 4 is 16.9 Å². The molecule has 0 aliphatic rings. The first-order valence-corrected chi connectivity index (χ1v) is 9.36. The normalized spacial score (nSPS) is 11.5. The highest BCUT2D eigenvalue weighted by atomic mass is 19.1. The molecule has 6 nitrogen and oxygen atoms in total. The maximum atomic E-state index is 14.7. The fraction of sp³-hybridized carbons (Fsp3) is 0.450. The summed E-state index contributed by atoms with van der Waals surface area (Å²) in [5.74, 6) is 1.09. The number of likely N-dealkylation sites (N-methyl/N-ethyl adjacent to an activating group) is 1. The highest BCUT2D eigenvalue weighted by Crippen LogP contribution is 2.29. The maximum Gasteiger partial charge on any atom is 0.181 e. The molecule has 0 amide bonds. The molecule has 3 rings (SSSR count). The lowest BCUT2D eigenvalue weighted by Gasteiger charge is -2.21. The summed E-state index contributed by atoms with van der Waals surface area (Å²) in [4.78, 5) is 10.9. The first kappa shape index (κ1) is 19.2. The minimum absolute atomic E-state index is 0.269. The molecule has 7 heteroatoms. The number of pyridine rings is 2. The van der Waals surface area contributed by atoms with Gasteiger partial charge in [-0.3, -0.25) is 5.10 Å². The second-order valence-electron chi connectivity index (χ2n) is 7.29. The van der Waals surface area contributed by atoms with Crippen molar-refractivity contribution in [2.75, 3.05) is 31.6 Å². The number of fused-ring (bicyclic) bond motifs is 1. The number of aromatic amines is 1. The highest BCUT2D eigenvalue weighted by molar-refractivity contribution is 5.89. The molecule has 0 spiro atoms. The van der Waals surface area contributed by atoms with E-state index in [0.29, 0.717) is 17.3 Å². The standard InChI is InChI=1S/C20H27FN6/c1-13(2)7-9-22-10-11-27(4)20-14(3)12-16(21)18(24-20)17-15-6-5-8-23-19(15)26-25-17/h5-6,8,12-13,22H,7,9-11H2,1-4H3,(H,23,25,26). The summed E-state index contributed by atoms with van der Waals surface area (Å²) in [7, 11) is 1.98. The first-order chi connectivity index (χ1) is 13.0. The van der Waals surface area contributed by atoms with Gasteiger partial charge in [0.1, 0.15) is 11.5 Å². The number of aryl methyl sites for hydroxylation is 1. The van der Waals surface area contributed by atoms with Crippen LogP contribution in [0.3, 0.4) is 0 Å². The highest BCUT2D eigenvalue weighted by Gasteiger charge is 2.18. The number of H-pyrrole nitrogens is 1. The molecule has 0 bridgehead atoms. The van der Waals surface area contributed by atoms with Crippen molar-refractivity contribution < 1.29 is 4.39 Å². The Morgan fingerprint density at radius 2 is 2.11 bits per heavy atom. The number of aromatic nitrogens is 4. The van der Waals surface area contributed by atoms with Gasteiger partial charge in [-0.25, -0.2) is 14.4 Å². The number of rotatable bonds is 8. The fourth-order valence-electron chi connectivity index (χ4n) is 3.03. The van der Waals surface area contributed by atoms with Gasteiger partial charge in [0.25, 0.3) is 0 Å². The Morgan fingerprint density at radius 1 is 1.30 bits per heavy atom. The minimum Gasteiger partial charge on any atom is -0.358 e. The first-order valence-electron chi connectivity index (χ1n) is 9.36. The summed E-state index contributed by atoms with van der Waals surface area (Å²) in [6.07, 6.45) is 2.82. The number of hydrogen-bond donors (Lipinski definition) is 2. The van der Waals surface area contributed by atoms with Gasteiger partial charge in [-0.05, 0) is 49.6 Å². The molecular weight excluding hydrogens is 343 g/mol. The Morgan fingerprint density at radius 3 is 2.89 bits per heavy atom. The van der Waals surface area contributed by atoms with E-state index in [9.17, 15) is 4.39 Å². The van der Waals surface area contributed by atoms with E-state index in [1.54, 1.807) is 6.20 Å². The zero-order valence-electron chi connectivity index (χ0n) is 16.4. The van der Waals surface area contributed by atoms with Crippen LogP contribution in [0.15, 0.2) is 24.4 Å². The van der Waals surface area contributed by atoms with Crippen molar-refractivity contribution in [1.29, 1.82) is 0 Å². The molecule has 27 heavy (non-hydrogen) atoms. The molecule has 3 heterocycles. The molecule has 144 valence electrons. The van der Waals surface area contributed by atoms with Crippen molar-refractivity contribution in [3.05, 3.63) is 35.8 Å². The van der Waals surface area contributed by atoms with Crippen LogP contribution in [0, 0.1) is 18.7 Å². The van der Waals surface area contributed by atoms with Gasteiger partial charge < -0.3 is 10.2 Å². The SMILES string of the molecule is Cc1cc(F)c(-c2[nH]nc3ncccc23)nc1N(C)CCNCCC(C)C. The number of hydrogen-bond acceptors (Lipinski definition) is 5. The summed E-state index contributed by atoms with van der Waals surface area (Å²) in [5.41, 5.74) is 2.19. The number of nitrogens with zero attached hydrogens (tertiary/aromatic N) is 4.